The van der Waals surface area contributed by atoms with Gasteiger partial charge in [0.15, 0.2) is 0 Å². The minimum absolute atomic E-state index is 0.104. The van der Waals surface area contributed by atoms with E-state index in [0.717, 1.165) is 0 Å². The molecule has 0 radical (unpaired) electrons. The first-order chi connectivity index (χ1) is 13.6. The van der Waals surface area contributed by atoms with Crippen LogP contribution >= 0.6 is 0 Å². The Morgan fingerprint density at radius 1 is 0.828 bits per heavy atom. The van der Waals surface area contributed by atoms with Crippen molar-refractivity contribution in [3.63, 3.8) is 0 Å². The standard InChI is InChI=1S/C23H29N3O3/c1-15(2)19(22(29)26-23(3,4)5)25-21(28)17-13-9-10-14-18(17)24-20(27)16-11-7-6-8-12-16/h6-15,19H,1-5H3,(H,24,27)(H,25,28)(H,26,29)/t19-/m1/s1. The van der Waals surface area contributed by atoms with Gasteiger partial charge in [-0.3, -0.25) is 14.4 Å². The molecule has 0 fully saturated rings. The molecule has 2 aromatic rings. The van der Waals surface area contributed by atoms with Crippen molar-refractivity contribution < 1.29 is 14.4 Å². The molecule has 0 bridgehead atoms. The summed E-state index contributed by atoms with van der Waals surface area (Å²) in [5.74, 6) is -1.08. The summed E-state index contributed by atoms with van der Waals surface area (Å²) in [5.41, 5.74) is 0.771. The van der Waals surface area contributed by atoms with E-state index in [1.54, 1.807) is 48.5 Å². The molecule has 154 valence electrons. The van der Waals surface area contributed by atoms with E-state index in [1.807, 2.05) is 40.7 Å². The molecule has 6 nitrogen and oxygen atoms in total. The summed E-state index contributed by atoms with van der Waals surface area (Å²) in [6, 6.07) is 14.8. The van der Waals surface area contributed by atoms with Gasteiger partial charge >= 0.3 is 0 Å². The molecule has 29 heavy (non-hydrogen) atoms. The highest BCUT2D eigenvalue weighted by molar-refractivity contribution is 6.09. The Morgan fingerprint density at radius 2 is 1.41 bits per heavy atom. The Hall–Kier alpha value is -3.15. The van der Waals surface area contributed by atoms with Crippen molar-refractivity contribution in [3.05, 3.63) is 65.7 Å². The number of carbonyl (C=O) groups excluding carboxylic acids is 3. The molecule has 0 saturated carbocycles. The first-order valence-corrected chi connectivity index (χ1v) is 9.67. The van der Waals surface area contributed by atoms with Gasteiger partial charge in [0.2, 0.25) is 5.91 Å². The second-order valence-corrected chi connectivity index (χ2v) is 8.30. The van der Waals surface area contributed by atoms with Crippen molar-refractivity contribution in [2.45, 2.75) is 46.2 Å². The predicted octanol–water partition coefficient (Wildman–Crippen LogP) is 3.61. The maximum Gasteiger partial charge on any atom is 0.255 e. The molecule has 3 amide bonds. The van der Waals surface area contributed by atoms with E-state index < -0.39 is 17.5 Å². The molecule has 0 unspecified atom stereocenters. The van der Waals surface area contributed by atoms with Crippen molar-refractivity contribution in [1.29, 1.82) is 0 Å². The van der Waals surface area contributed by atoms with E-state index in [2.05, 4.69) is 16.0 Å². The van der Waals surface area contributed by atoms with E-state index >= 15 is 0 Å². The molecule has 2 rings (SSSR count). The smallest absolute Gasteiger partial charge is 0.255 e. The molecule has 0 saturated heterocycles. The first kappa shape index (κ1) is 22.1. The Morgan fingerprint density at radius 3 is 2.00 bits per heavy atom. The lowest BCUT2D eigenvalue weighted by molar-refractivity contribution is -0.125. The van der Waals surface area contributed by atoms with Gasteiger partial charge in [-0.1, -0.05) is 44.2 Å². The van der Waals surface area contributed by atoms with Gasteiger partial charge in [0.05, 0.1) is 11.3 Å². The fraction of sp³-hybridized carbons (Fsp3) is 0.348. The van der Waals surface area contributed by atoms with E-state index in [9.17, 15) is 14.4 Å². The van der Waals surface area contributed by atoms with Crippen molar-refractivity contribution in [2.24, 2.45) is 5.92 Å². The number of benzene rings is 2. The minimum Gasteiger partial charge on any atom is -0.350 e. The van der Waals surface area contributed by atoms with Crippen LogP contribution in [-0.4, -0.2) is 29.3 Å². The summed E-state index contributed by atoms with van der Waals surface area (Å²) in [4.78, 5) is 38.0. The van der Waals surface area contributed by atoms with Crippen LogP contribution in [0.15, 0.2) is 54.6 Å². The van der Waals surface area contributed by atoms with Gasteiger partial charge in [-0.25, -0.2) is 0 Å². The molecular formula is C23H29N3O3. The van der Waals surface area contributed by atoms with Gasteiger partial charge in [-0.15, -0.1) is 0 Å². The molecule has 0 aliphatic carbocycles. The number of anilines is 1. The first-order valence-electron chi connectivity index (χ1n) is 9.67. The van der Waals surface area contributed by atoms with Crippen molar-refractivity contribution >= 4 is 23.4 Å². The highest BCUT2D eigenvalue weighted by atomic mass is 16.2. The van der Waals surface area contributed by atoms with Gasteiger partial charge in [0, 0.05) is 11.1 Å². The summed E-state index contributed by atoms with van der Waals surface area (Å²) >= 11 is 0. The average molecular weight is 396 g/mol. The van der Waals surface area contributed by atoms with Crippen molar-refractivity contribution in [3.8, 4) is 0 Å². The summed E-state index contributed by atoms with van der Waals surface area (Å²) in [6.45, 7) is 9.40. The van der Waals surface area contributed by atoms with Crippen molar-refractivity contribution in [1.82, 2.24) is 10.6 Å². The molecule has 2 aromatic carbocycles. The van der Waals surface area contributed by atoms with Crippen molar-refractivity contribution in [2.75, 3.05) is 5.32 Å². The third-order valence-corrected chi connectivity index (χ3v) is 4.19. The maximum absolute atomic E-state index is 12.9. The van der Waals surface area contributed by atoms with Crippen LogP contribution in [0.5, 0.6) is 0 Å². The van der Waals surface area contributed by atoms with Gasteiger partial charge in [0.25, 0.3) is 11.8 Å². The number of rotatable bonds is 6. The summed E-state index contributed by atoms with van der Waals surface area (Å²) in [6.07, 6.45) is 0. The lowest BCUT2D eigenvalue weighted by atomic mass is 10.0. The zero-order valence-electron chi connectivity index (χ0n) is 17.6. The Balaban J connectivity index is 2.20. The van der Waals surface area contributed by atoms with E-state index in [4.69, 9.17) is 0 Å². The molecule has 3 N–H and O–H groups in total. The van der Waals surface area contributed by atoms with Gasteiger partial charge in [-0.2, -0.15) is 0 Å². The van der Waals surface area contributed by atoms with E-state index in [-0.39, 0.29) is 17.7 Å². The van der Waals surface area contributed by atoms with Crippen LogP contribution in [-0.2, 0) is 4.79 Å². The maximum atomic E-state index is 12.9. The topological polar surface area (TPSA) is 87.3 Å². The molecule has 0 spiro atoms. The third kappa shape index (κ3) is 6.45. The number of amides is 3. The lowest BCUT2D eigenvalue weighted by Crippen LogP contribution is -2.54. The van der Waals surface area contributed by atoms with Crippen LogP contribution in [0.2, 0.25) is 0 Å². The van der Waals surface area contributed by atoms with E-state index in [0.29, 0.717) is 16.8 Å². The summed E-state index contributed by atoms with van der Waals surface area (Å²) < 4.78 is 0. The van der Waals surface area contributed by atoms with Gasteiger partial charge < -0.3 is 16.0 Å². The number of para-hydroxylation sites is 1. The zero-order chi connectivity index (χ0) is 21.6. The van der Waals surface area contributed by atoms with Crippen LogP contribution in [0.1, 0.15) is 55.3 Å². The molecule has 0 aromatic heterocycles. The van der Waals surface area contributed by atoms with Crippen LogP contribution in [0, 0.1) is 5.92 Å². The fourth-order valence-corrected chi connectivity index (χ4v) is 2.78. The predicted molar refractivity (Wildman–Crippen MR) is 115 cm³/mol. The number of carbonyl (C=O) groups is 3. The van der Waals surface area contributed by atoms with Crippen LogP contribution in [0.25, 0.3) is 0 Å². The van der Waals surface area contributed by atoms with Crippen LogP contribution in [0.4, 0.5) is 5.69 Å². The minimum atomic E-state index is -0.695. The normalized spacial score (nSPS) is 12.2. The van der Waals surface area contributed by atoms with Crippen LogP contribution < -0.4 is 16.0 Å². The average Bonchev–Trinajstić information content (AvgIpc) is 2.65. The summed E-state index contributed by atoms with van der Waals surface area (Å²) in [7, 11) is 0. The number of hydrogen-bond acceptors (Lipinski definition) is 3. The highest BCUT2D eigenvalue weighted by Crippen LogP contribution is 2.17. The van der Waals surface area contributed by atoms with E-state index in [1.165, 1.54) is 0 Å². The Kier molecular flexibility index (Phi) is 7.15. The molecule has 1 atom stereocenters. The molecule has 0 aliphatic rings. The lowest BCUT2D eigenvalue weighted by Gasteiger charge is -2.27. The van der Waals surface area contributed by atoms with Crippen LogP contribution in [0.3, 0.4) is 0 Å². The largest absolute Gasteiger partial charge is 0.350 e. The molecular weight excluding hydrogens is 366 g/mol. The zero-order valence-corrected chi connectivity index (χ0v) is 17.6. The van der Waals surface area contributed by atoms with Gasteiger partial charge in [0.1, 0.15) is 6.04 Å². The Labute approximate surface area is 172 Å². The molecule has 6 heteroatoms. The molecule has 0 heterocycles. The second kappa shape index (κ2) is 9.37. The monoisotopic (exact) mass is 395 g/mol. The third-order valence-electron chi connectivity index (χ3n) is 4.19. The number of nitrogens with one attached hydrogen (secondary N) is 3. The fourth-order valence-electron chi connectivity index (χ4n) is 2.78. The highest BCUT2D eigenvalue weighted by Gasteiger charge is 2.28. The van der Waals surface area contributed by atoms with Gasteiger partial charge in [-0.05, 0) is 51.0 Å². The quantitative estimate of drug-likeness (QED) is 0.698. The SMILES string of the molecule is CC(C)[C@@H](NC(=O)c1ccccc1NC(=O)c1ccccc1)C(=O)NC(C)(C)C. The summed E-state index contributed by atoms with van der Waals surface area (Å²) in [5, 5.41) is 8.49. The number of hydrogen-bond donors (Lipinski definition) is 3. The second-order valence-electron chi connectivity index (χ2n) is 8.30. The molecule has 0 aliphatic heterocycles. The Bertz CT molecular complexity index is 870.